The average Bonchev–Trinajstić information content (AvgIpc) is 3.28. The third kappa shape index (κ3) is 4.66. The number of nitriles is 1. The lowest BCUT2D eigenvalue weighted by atomic mass is 9.92. The number of hydrogen-bond acceptors (Lipinski definition) is 7. The molecule has 0 radical (unpaired) electrons. The van der Waals surface area contributed by atoms with E-state index in [4.69, 9.17) is 0 Å². The number of halogens is 1. The highest BCUT2D eigenvalue weighted by Gasteiger charge is 2.28. The number of likely N-dealkylation sites (N-methyl/N-ethyl adjacent to an activating group) is 2. The first-order chi connectivity index (χ1) is 16.0. The topological polar surface area (TPSA) is 85.9 Å². The Morgan fingerprint density at radius 2 is 2.03 bits per heavy atom. The van der Waals surface area contributed by atoms with Gasteiger partial charge in [-0.2, -0.15) is 9.65 Å². The van der Waals surface area contributed by atoms with Crippen LogP contribution in [0.4, 0.5) is 15.8 Å². The summed E-state index contributed by atoms with van der Waals surface area (Å²) in [7, 11) is 5.88. The maximum atomic E-state index is 13.5. The summed E-state index contributed by atoms with van der Waals surface area (Å²) in [6, 6.07) is 9.54. The van der Waals surface area contributed by atoms with E-state index in [1.165, 1.54) is 12.3 Å². The Morgan fingerprint density at radius 3 is 2.64 bits per heavy atom. The zero-order valence-electron chi connectivity index (χ0n) is 19.3. The predicted molar refractivity (Wildman–Crippen MR) is 127 cm³/mol. The maximum Gasteiger partial charge on any atom is 0.212 e. The van der Waals surface area contributed by atoms with E-state index >= 15 is 0 Å². The zero-order chi connectivity index (χ0) is 23.4. The van der Waals surface area contributed by atoms with E-state index in [2.05, 4.69) is 36.4 Å². The first-order valence-electron chi connectivity index (χ1n) is 11.2. The molecule has 1 fully saturated rings. The number of nitrogens with one attached hydrogen (secondary N) is 1. The molecule has 0 atom stereocenters. The number of rotatable bonds is 7. The van der Waals surface area contributed by atoms with Gasteiger partial charge in [-0.15, -0.1) is 10.2 Å². The molecule has 0 bridgehead atoms. The number of pyridine rings is 1. The van der Waals surface area contributed by atoms with Gasteiger partial charge in [-0.3, -0.25) is 0 Å². The lowest BCUT2D eigenvalue weighted by molar-refractivity contribution is 0.474. The molecular formula is C24H29FN8. The molecule has 9 heteroatoms. The molecule has 1 aliphatic heterocycles. The Labute approximate surface area is 193 Å². The largest absolute Gasteiger partial charge is 0.372 e. The summed E-state index contributed by atoms with van der Waals surface area (Å²) >= 11 is 0. The SMILES string of the molecule is CNCCN(C)c1ccc(-c2ccc(F)nc2)c(N2CCC(c3nncn3C)CC2)c1C#N. The standard InChI is InChI=1S/C24H29FN8/c1-27-10-13-31(2)21-6-5-19(18-4-7-22(25)28-15-18)23(20(21)14-26)33-11-8-17(9-12-33)24-30-29-16-32(24)3/h4-7,15-17,27H,8-13H2,1-3H3. The first-order valence-corrected chi connectivity index (χ1v) is 11.2. The molecule has 2 aromatic heterocycles. The number of hydrogen-bond donors (Lipinski definition) is 1. The number of piperidine rings is 1. The molecule has 1 aromatic carbocycles. The monoisotopic (exact) mass is 448 g/mol. The van der Waals surface area contributed by atoms with Gasteiger partial charge in [-0.25, -0.2) is 4.98 Å². The van der Waals surface area contributed by atoms with Crippen molar-refractivity contribution < 1.29 is 4.39 Å². The fraction of sp³-hybridized carbons (Fsp3) is 0.417. The Bertz CT molecular complexity index is 1130. The van der Waals surface area contributed by atoms with E-state index < -0.39 is 5.95 Å². The van der Waals surface area contributed by atoms with Crippen molar-refractivity contribution >= 4 is 11.4 Å². The fourth-order valence-corrected chi connectivity index (χ4v) is 4.53. The van der Waals surface area contributed by atoms with Gasteiger partial charge in [-0.05, 0) is 38.1 Å². The van der Waals surface area contributed by atoms with Gasteiger partial charge in [0.2, 0.25) is 5.95 Å². The normalized spacial score (nSPS) is 14.3. The molecule has 3 heterocycles. The molecule has 0 amide bonds. The van der Waals surface area contributed by atoms with E-state index in [-0.39, 0.29) is 0 Å². The molecule has 0 spiro atoms. The summed E-state index contributed by atoms with van der Waals surface area (Å²) in [5, 5.41) is 21.7. The highest BCUT2D eigenvalue weighted by molar-refractivity contribution is 5.87. The molecule has 33 heavy (non-hydrogen) atoms. The molecule has 0 unspecified atom stereocenters. The molecule has 1 N–H and O–H groups in total. The molecular weight excluding hydrogens is 419 g/mol. The number of aromatic nitrogens is 4. The third-order valence-corrected chi connectivity index (χ3v) is 6.34. The van der Waals surface area contributed by atoms with Gasteiger partial charge in [0.05, 0.1) is 16.9 Å². The van der Waals surface area contributed by atoms with Crippen molar-refractivity contribution in [2.75, 3.05) is 50.1 Å². The summed E-state index contributed by atoms with van der Waals surface area (Å²) in [6.45, 7) is 3.16. The highest BCUT2D eigenvalue weighted by Crippen LogP contribution is 2.41. The summed E-state index contributed by atoms with van der Waals surface area (Å²) in [5.74, 6) is 0.809. The molecule has 0 aliphatic carbocycles. The van der Waals surface area contributed by atoms with Crippen molar-refractivity contribution in [3.05, 3.63) is 54.1 Å². The van der Waals surface area contributed by atoms with Gasteiger partial charge < -0.3 is 19.7 Å². The Morgan fingerprint density at radius 1 is 1.24 bits per heavy atom. The van der Waals surface area contributed by atoms with Crippen LogP contribution in [-0.4, -0.2) is 60.0 Å². The van der Waals surface area contributed by atoms with Crippen LogP contribution in [0, 0.1) is 17.3 Å². The lowest BCUT2D eigenvalue weighted by Gasteiger charge is -2.36. The van der Waals surface area contributed by atoms with Crippen LogP contribution in [0.15, 0.2) is 36.8 Å². The molecule has 1 saturated heterocycles. The van der Waals surface area contributed by atoms with Crippen molar-refractivity contribution in [1.82, 2.24) is 25.1 Å². The van der Waals surface area contributed by atoms with E-state index in [9.17, 15) is 9.65 Å². The Balaban J connectivity index is 1.72. The fourth-order valence-electron chi connectivity index (χ4n) is 4.53. The van der Waals surface area contributed by atoms with Gasteiger partial charge in [-0.1, -0.05) is 6.07 Å². The minimum atomic E-state index is -0.520. The molecule has 8 nitrogen and oxygen atoms in total. The van der Waals surface area contributed by atoms with Crippen LogP contribution in [0.3, 0.4) is 0 Å². The smallest absolute Gasteiger partial charge is 0.212 e. The second-order valence-corrected chi connectivity index (χ2v) is 8.42. The van der Waals surface area contributed by atoms with E-state index in [1.807, 2.05) is 37.8 Å². The minimum Gasteiger partial charge on any atom is -0.372 e. The van der Waals surface area contributed by atoms with Crippen LogP contribution < -0.4 is 15.1 Å². The molecule has 0 saturated carbocycles. The predicted octanol–water partition coefficient (Wildman–Crippen LogP) is 2.93. The number of benzene rings is 1. The quantitative estimate of drug-likeness (QED) is 0.556. The van der Waals surface area contributed by atoms with Gasteiger partial charge in [0.25, 0.3) is 0 Å². The maximum absolute atomic E-state index is 13.5. The summed E-state index contributed by atoms with van der Waals surface area (Å²) in [6.07, 6.45) is 5.10. The van der Waals surface area contributed by atoms with Crippen molar-refractivity contribution in [2.24, 2.45) is 7.05 Å². The van der Waals surface area contributed by atoms with Gasteiger partial charge >= 0.3 is 0 Å². The lowest BCUT2D eigenvalue weighted by Crippen LogP contribution is -2.35. The van der Waals surface area contributed by atoms with Crippen molar-refractivity contribution in [1.29, 1.82) is 5.26 Å². The van der Waals surface area contributed by atoms with E-state index in [0.717, 1.165) is 67.3 Å². The number of aryl methyl sites for hydroxylation is 1. The van der Waals surface area contributed by atoms with Gasteiger partial charge in [0.1, 0.15) is 18.2 Å². The third-order valence-electron chi connectivity index (χ3n) is 6.34. The van der Waals surface area contributed by atoms with Crippen LogP contribution in [0.2, 0.25) is 0 Å². The Hall–Kier alpha value is -3.51. The van der Waals surface area contributed by atoms with Crippen molar-refractivity contribution in [2.45, 2.75) is 18.8 Å². The second kappa shape index (κ2) is 9.96. The summed E-state index contributed by atoms with van der Waals surface area (Å²) < 4.78 is 15.5. The average molecular weight is 449 g/mol. The molecule has 172 valence electrons. The van der Waals surface area contributed by atoms with Gasteiger partial charge in [0.15, 0.2) is 0 Å². The number of anilines is 2. The van der Waals surface area contributed by atoms with Crippen molar-refractivity contribution in [3.8, 4) is 17.2 Å². The molecule has 4 rings (SSSR count). The summed E-state index contributed by atoms with van der Waals surface area (Å²) in [5.41, 5.74) is 4.09. The van der Waals surface area contributed by atoms with Gasteiger partial charge in [0, 0.05) is 63.5 Å². The number of nitrogens with zero attached hydrogens (tertiary/aromatic N) is 7. The first kappa shape index (κ1) is 22.7. The molecule has 3 aromatic rings. The highest BCUT2D eigenvalue weighted by atomic mass is 19.1. The van der Waals surface area contributed by atoms with Crippen molar-refractivity contribution in [3.63, 3.8) is 0 Å². The molecule has 1 aliphatic rings. The minimum absolute atomic E-state index is 0.330. The second-order valence-electron chi connectivity index (χ2n) is 8.42. The van der Waals surface area contributed by atoms with E-state index in [1.54, 1.807) is 12.4 Å². The van der Waals surface area contributed by atoms with E-state index in [0.29, 0.717) is 11.5 Å². The van der Waals surface area contributed by atoms with Crippen LogP contribution in [0.5, 0.6) is 0 Å². The van der Waals surface area contributed by atoms with Crippen LogP contribution in [0.25, 0.3) is 11.1 Å². The van der Waals surface area contributed by atoms with Crippen LogP contribution in [-0.2, 0) is 7.05 Å². The Kier molecular flexibility index (Phi) is 6.84. The van der Waals surface area contributed by atoms with Crippen LogP contribution in [0.1, 0.15) is 30.1 Å². The summed E-state index contributed by atoms with van der Waals surface area (Å²) in [4.78, 5) is 8.22. The van der Waals surface area contributed by atoms with Crippen LogP contribution >= 0.6 is 0 Å². The zero-order valence-corrected chi connectivity index (χ0v) is 19.3.